The molecule has 0 unspecified atom stereocenters. The molecule has 7 nitrogen and oxygen atoms in total. The maximum absolute atomic E-state index is 12.8. The first-order valence-corrected chi connectivity index (χ1v) is 9.28. The fourth-order valence-electron chi connectivity index (χ4n) is 2.84. The number of aromatic nitrogens is 2. The minimum atomic E-state index is -0.350. The van der Waals surface area contributed by atoms with Crippen LogP contribution in [-0.4, -0.2) is 36.0 Å². The molecule has 2 aromatic carbocycles. The van der Waals surface area contributed by atoms with E-state index in [2.05, 4.69) is 10.4 Å². The van der Waals surface area contributed by atoms with E-state index in [0.29, 0.717) is 22.9 Å². The molecule has 1 aromatic heterocycles. The summed E-state index contributed by atoms with van der Waals surface area (Å²) in [6.07, 6.45) is 1.69. The first-order chi connectivity index (χ1) is 13.9. The summed E-state index contributed by atoms with van der Waals surface area (Å²) in [5.74, 6) is 1.50. The van der Waals surface area contributed by atoms with E-state index in [0.717, 1.165) is 11.3 Å². The molecule has 3 aromatic rings. The van der Waals surface area contributed by atoms with Crippen LogP contribution in [0.3, 0.4) is 0 Å². The van der Waals surface area contributed by atoms with Gasteiger partial charge in [0.15, 0.2) is 5.69 Å². The number of ether oxygens (including phenoxy) is 3. The Kier molecular flexibility index (Phi) is 6.07. The molecule has 1 heterocycles. The number of aryl methyl sites for hydroxylation is 1. The third-order valence-electron chi connectivity index (χ3n) is 4.20. The molecule has 0 atom stereocenters. The van der Waals surface area contributed by atoms with Crippen LogP contribution in [0.2, 0.25) is 0 Å². The third-order valence-corrected chi connectivity index (χ3v) is 4.20. The lowest BCUT2D eigenvalue weighted by molar-refractivity contribution is 0.102. The lowest BCUT2D eigenvalue weighted by Gasteiger charge is -2.15. The third kappa shape index (κ3) is 4.68. The number of carbonyl (C=O) groups is 1. The number of anilines is 1. The molecule has 0 aliphatic heterocycles. The molecule has 152 valence electrons. The van der Waals surface area contributed by atoms with Gasteiger partial charge in [-0.3, -0.25) is 4.79 Å². The van der Waals surface area contributed by atoms with Gasteiger partial charge in [-0.05, 0) is 56.7 Å². The number of amides is 1. The molecule has 0 saturated carbocycles. The van der Waals surface area contributed by atoms with Crippen LogP contribution >= 0.6 is 0 Å². The molecule has 7 heteroatoms. The summed E-state index contributed by atoms with van der Waals surface area (Å²) in [6.45, 7) is 5.83. The van der Waals surface area contributed by atoms with Gasteiger partial charge in [0, 0.05) is 12.3 Å². The summed E-state index contributed by atoms with van der Waals surface area (Å²) in [5, 5.41) is 7.27. The largest absolute Gasteiger partial charge is 0.497 e. The maximum atomic E-state index is 12.8. The zero-order chi connectivity index (χ0) is 21.0. The van der Waals surface area contributed by atoms with Crippen molar-refractivity contribution in [3.8, 4) is 22.9 Å². The van der Waals surface area contributed by atoms with E-state index in [1.54, 1.807) is 49.4 Å². The number of benzene rings is 2. The monoisotopic (exact) mass is 395 g/mol. The Morgan fingerprint density at radius 3 is 2.48 bits per heavy atom. The number of rotatable bonds is 7. The van der Waals surface area contributed by atoms with Crippen LogP contribution in [0.25, 0.3) is 5.69 Å². The fourth-order valence-corrected chi connectivity index (χ4v) is 2.84. The lowest BCUT2D eigenvalue weighted by Crippen LogP contribution is -2.15. The number of hydrogen-bond acceptors (Lipinski definition) is 5. The maximum Gasteiger partial charge on any atom is 0.276 e. The highest BCUT2D eigenvalue weighted by atomic mass is 16.5. The van der Waals surface area contributed by atoms with Crippen LogP contribution in [0.5, 0.6) is 17.2 Å². The Bertz CT molecular complexity index is 1010. The molecular weight excluding hydrogens is 370 g/mol. The first-order valence-electron chi connectivity index (χ1n) is 9.28. The van der Waals surface area contributed by atoms with Crippen LogP contribution in [-0.2, 0) is 0 Å². The van der Waals surface area contributed by atoms with Gasteiger partial charge >= 0.3 is 0 Å². The Hall–Kier alpha value is -3.48. The molecule has 0 fully saturated rings. The van der Waals surface area contributed by atoms with Crippen LogP contribution < -0.4 is 19.5 Å². The van der Waals surface area contributed by atoms with Crippen molar-refractivity contribution in [2.45, 2.75) is 26.9 Å². The van der Waals surface area contributed by atoms with Crippen LogP contribution in [0.1, 0.15) is 29.9 Å². The van der Waals surface area contributed by atoms with Crippen molar-refractivity contribution in [1.29, 1.82) is 0 Å². The van der Waals surface area contributed by atoms with Gasteiger partial charge in [0.05, 0.1) is 26.0 Å². The number of carbonyl (C=O) groups excluding carboxylic acids is 1. The SMILES string of the molecule is COc1ccc(OC(C)C)c(NC(=O)c2ccn(-c3cc(C)ccc3OC)n2)c1. The Morgan fingerprint density at radius 2 is 1.79 bits per heavy atom. The normalized spacial score (nSPS) is 10.7. The molecule has 1 amide bonds. The van der Waals surface area contributed by atoms with Gasteiger partial charge in [-0.1, -0.05) is 6.07 Å². The van der Waals surface area contributed by atoms with Crippen LogP contribution in [0.15, 0.2) is 48.7 Å². The van der Waals surface area contributed by atoms with E-state index < -0.39 is 0 Å². The van der Waals surface area contributed by atoms with E-state index in [1.165, 1.54) is 0 Å². The molecular formula is C22H25N3O4. The highest BCUT2D eigenvalue weighted by Gasteiger charge is 2.16. The van der Waals surface area contributed by atoms with E-state index in [1.807, 2.05) is 39.0 Å². The molecule has 0 bridgehead atoms. The predicted molar refractivity (Wildman–Crippen MR) is 112 cm³/mol. The Morgan fingerprint density at radius 1 is 1.03 bits per heavy atom. The van der Waals surface area contributed by atoms with Crippen molar-refractivity contribution in [1.82, 2.24) is 9.78 Å². The van der Waals surface area contributed by atoms with Crippen molar-refractivity contribution < 1.29 is 19.0 Å². The Labute approximate surface area is 170 Å². The fraction of sp³-hybridized carbons (Fsp3) is 0.273. The van der Waals surface area contributed by atoms with Crippen molar-refractivity contribution >= 4 is 11.6 Å². The summed E-state index contributed by atoms with van der Waals surface area (Å²) >= 11 is 0. The van der Waals surface area contributed by atoms with Gasteiger partial charge in [0.2, 0.25) is 0 Å². The second-order valence-electron chi connectivity index (χ2n) is 6.80. The van der Waals surface area contributed by atoms with Gasteiger partial charge in [-0.25, -0.2) is 4.68 Å². The first kappa shape index (κ1) is 20.3. The van der Waals surface area contributed by atoms with E-state index in [-0.39, 0.29) is 17.7 Å². The summed E-state index contributed by atoms with van der Waals surface area (Å²) < 4.78 is 18.1. The molecule has 0 aliphatic carbocycles. The predicted octanol–water partition coefficient (Wildman–Crippen LogP) is 4.24. The summed E-state index contributed by atoms with van der Waals surface area (Å²) in [4.78, 5) is 12.8. The second kappa shape index (κ2) is 8.68. The molecule has 1 N–H and O–H groups in total. The quantitative estimate of drug-likeness (QED) is 0.648. The molecule has 0 aliphatic rings. The van der Waals surface area contributed by atoms with Gasteiger partial charge in [0.1, 0.15) is 22.9 Å². The highest BCUT2D eigenvalue weighted by Crippen LogP contribution is 2.30. The number of nitrogens with zero attached hydrogens (tertiary/aromatic N) is 2. The lowest BCUT2D eigenvalue weighted by atomic mass is 10.2. The number of methoxy groups -OCH3 is 2. The van der Waals surface area contributed by atoms with Crippen molar-refractivity contribution in [2.24, 2.45) is 0 Å². The summed E-state index contributed by atoms with van der Waals surface area (Å²) in [7, 11) is 3.17. The Balaban J connectivity index is 1.87. The minimum Gasteiger partial charge on any atom is -0.497 e. The second-order valence-corrected chi connectivity index (χ2v) is 6.80. The van der Waals surface area contributed by atoms with Crippen molar-refractivity contribution in [3.05, 3.63) is 59.9 Å². The minimum absolute atomic E-state index is 0.0351. The molecule has 3 rings (SSSR count). The van der Waals surface area contributed by atoms with Gasteiger partial charge in [-0.15, -0.1) is 0 Å². The smallest absolute Gasteiger partial charge is 0.276 e. The average molecular weight is 395 g/mol. The summed E-state index contributed by atoms with van der Waals surface area (Å²) in [6, 6.07) is 12.7. The standard InChI is InChI=1S/C22H25N3O4/c1-14(2)29-20-9-7-16(27-4)13-18(20)23-22(26)17-10-11-25(24-17)19-12-15(3)6-8-21(19)28-5/h6-14H,1-5H3,(H,23,26). The van der Waals surface area contributed by atoms with Gasteiger partial charge in [0.25, 0.3) is 5.91 Å². The van der Waals surface area contributed by atoms with E-state index in [9.17, 15) is 4.79 Å². The van der Waals surface area contributed by atoms with Gasteiger partial charge < -0.3 is 19.5 Å². The molecule has 0 saturated heterocycles. The number of nitrogens with one attached hydrogen (secondary N) is 1. The average Bonchev–Trinajstić information content (AvgIpc) is 3.19. The molecule has 0 spiro atoms. The van der Waals surface area contributed by atoms with E-state index >= 15 is 0 Å². The summed E-state index contributed by atoms with van der Waals surface area (Å²) in [5.41, 5.74) is 2.61. The van der Waals surface area contributed by atoms with Gasteiger partial charge in [-0.2, -0.15) is 5.10 Å². The van der Waals surface area contributed by atoms with Crippen LogP contribution in [0, 0.1) is 6.92 Å². The highest BCUT2D eigenvalue weighted by molar-refractivity contribution is 6.03. The van der Waals surface area contributed by atoms with Crippen molar-refractivity contribution in [3.63, 3.8) is 0 Å². The number of hydrogen-bond donors (Lipinski definition) is 1. The molecule has 0 radical (unpaired) electrons. The van der Waals surface area contributed by atoms with E-state index in [4.69, 9.17) is 14.2 Å². The molecule has 29 heavy (non-hydrogen) atoms. The zero-order valence-corrected chi connectivity index (χ0v) is 17.2. The zero-order valence-electron chi connectivity index (χ0n) is 17.2. The topological polar surface area (TPSA) is 74.6 Å². The van der Waals surface area contributed by atoms with Crippen LogP contribution in [0.4, 0.5) is 5.69 Å². The van der Waals surface area contributed by atoms with Crippen molar-refractivity contribution in [2.75, 3.05) is 19.5 Å².